The second kappa shape index (κ2) is 5.80. The molecule has 0 heterocycles. The SMILES string of the molecule is CCN(CC)CC(=O)c1ccc(C)c(C)c1. The van der Waals surface area contributed by atoms with Crippen LogP contribution in [-0.4, -0.2) is 30.3 Å². The number of carbonyl (C=O) groups is 1. The van der Waals surface area contributed by atoms with Gasteiger partial charge in [0, 0.05) is 5.56 Å². The largest absolute Gasteiger partial charge is 0.296 e. The summed E-state index contributed by atoms with van der Waals surface area (Å²) >= 11 is 0. The molecule has 0 atom stereocenters. The number of ketones is 1. The van der Waals surface area contributed by atoms with E-state index >= 15 is 0 Å². The topological polar surface area (TPSA) is 20.3 Å². The molecule has 0 saturated heterocycles. The van der Waals surface area contributed by atoms with Gasteiger partial charge < -0.3 is 0 Å². The average Bonchev–Trinajstić information content (AvgIpc) is 2.29. The van der Waals surface area contributed by atoms with Crippen LogP contribution in [0.3, 0.4) is 0 Å². The van der Waals surface area contributed by atoms with Gasteiger partial charge in [-0.15, -0.1) is 0 Å². The highest BCUT2D eigenvalue weighted by Crippen LogP contribution is 2.10. The molecule has 2 heteroatoms. The van der Waals surface area contributed by atoms with Gasteiger partial charge >= 0.3 is 0 Å². The lowest BCUT2D eigenvalue weighted by molar-refractivity contribution is 0.0937. The van der Waals surface area contributed by atoms with Gasteiger partial charge in [0.25, 0.3) is 0 Å². The normalized spacial score (nSPS) is 10.8. The van der Waals surface area contributed by atoms with Crippen molar-refractivity contribution in [2.45, 2.75) is 27.7 Å². The zero-order valence-electron chi connectivity index (χ0n) is 10.7. The van der Waals surface area contributed by atoms with Crippen molar-refractivity contribution in [3.05, 3.63) is 34.9 Å². The number of nitrogens with zero attached hydrogens (tertiary/aromatic N) is 1. The molecule has 0 aromatic heterocycles. The molecule has 0 aliphatic rings. The molecule has 1 aromatic carbocycles. The number of likely N-dealkylation sites (N-methyl/N-ethyl adjacent to an activating group) is 1. The van der Waals surface area contributed by atoms with Crippen LogP contribution < -0.4 is 0 Å². The Hall–Kier alpha value is -1.15. The predicted molar refractivity (Wildman–Crippen MR) is 68.0 cm³/mol. The second-order valence-corrected chi connectivity index (χ2v) is 4.18. The molecule has 0 amide bonds. The van der Waals surface area contributed by atoms with E-state index < -0.39 is 0 Å². The van der Waals surface area contributed by atoms with Crippen molar-refractivity contribution in [1.82, 2.24) is 4.90 Å². The molecule has 0 spiro atoms. The summed E-state index contributed by atoms with van der Waals surface area (Å²) < 4.78 is 0. The van der Waals surface area contributed by atoms with Crippen molar-refractivity contribution in [3.63, 3.8) is 0 Å². The first kappa shape index (κ1) is 12.9. The molecular weight excluding hydrogens is 198 g/mol. The van der Waals surface area contributed by atoms with Crippen LogP contribution in [0.1, 0.15) is 35.3 Å². The van der Waals surface area contributed by atoms with E-state index in [1.165, 1.54) is 11.1 Å². The van der Waals surface area contributed by atoms with Gasteiger partial charge in [0.2, 0.25) is 0 Å². The standard InChI is InChI=1S/C14H21NO/c1-5-15(6-2)10-14(16)13-8-7-11(3)12(4)9-13/h7-9H,5-6,10H2,1-4H3. The van der Waals surface area contributed by atoms with E-state index in [0.29, 0.717) is 6.54 Å². The fourth-order valence-electron chi connectivity index (χ4n) is 1.66. The first-order valence-electron chi connectivity index (χ1n) is 5.91. The highest BCUT2D eigenvalue weighted by molar-refractivity contribution is 5.97. The molecule has 0 radical (unpaired) electrons. The predicted octanol–water partition coefficient (Wildman–Crippen LogP) is 2.83. The maximum absolute atomic E-state index is 12.0. The molecule has 0 bridgehead atoms. The van der Waals surface area contributed by atoms with Crippen LogP contribution in [0.2, 0.25) is 0 Å². The minimum Gasteiger partial charge on any atom is -0.296 e. The fraction of sp³-hybridized carbons (Fsp3) is 0.500. The third kappa shape index (κ3) is 3.17. The molecular formula is C14H21NO. The molecule has 1 aromatic rings. The summed E-state index contributed by atoms with van der Waals surface area (Å²) in [6.45, 7) is 10.6. The van der Waals surface area contributed by atoms with Gasteiger partial charge in [-0.3, -0.25) is 9.69 Å². The quantitative estimate of drug-likeness (QED) is 0.710. The van der Waals surface area contributed by atoms with E-state index in [4.69, 9.17) is 0 Å². The van der Waals surface area contributed by atoms with E-state index in [2.05, 4.69) is 25.7 Å². The average molecular weight is 219 g/mol. The van der Waals surface area contributed by atoms with E-state index in [1.54, 1.807) is 0 Å². The summed E-state index contributed by atoms with van der Waals surface area (Å²) in [6, 6.07) is 5.93. The third-order valence-electron chi connectivity index (χ3n) is 3.09. The Bertz CT molecular complexity index is 367. The Labute approximate surface area is 98.3 Å². The van der Waals surface area contributed by atoms with Crippen LogP contribution in [0, 0.1) is 13.8 Å². The van der Waals surface area contributed by atoms with Crippen molar-refractivity contribution in [1.29, 1.82) is 0 Å². The maximum atomic E-state index is 12.0. The molecule has 0 aliphatic heterocycles. The maximum Gasteiger partial charge on any atom is 0.176 e. The molecule has 1 rings (SSSR count). The van der Waals surface area contributed by atoms with E-state index in [-0.39, 0.29) is 5.78 Å². The first-order valence-corrected chi connectivity index (χ1v) is 5.91. The molecule has 0 fully saturated rings. The fourth-order valence-corrected chi connectivity index (χ4v) is 1.66. The molecule has 16 heavy (non-hydrogen) atoms. The van der Waals surface area contributed by atoms with Crippen molar-refractivity contribution >= 4 is 5.78 Å². The summed E-state index contributed by atoms with van der Waals surface area (Å²) in [7, 11) is 0. The van der Waals surface area contributed by atoms with Gasteiger partial charge in [-0.05, 0) is 44.1 Å². The van der Waals surface area contributed by atoms with E-state index in [9.17, 15) is 4.79 Å². The lowest BCUT2D eigenvalue weighted by Gasteiger charge is -2.17. The van der Waals surface area contributed by atoms with Crippen molar-refractivity contribution in [3.8, 4) is 0 Å². The number of hydrogen-bond donors (Lipinski definition) is 0. The Kier molecular flexibility index (Phi) is 4.69. The Morgan fingerprint density at radius 2 is 1.75 bits per heavy atom. The smallest absolute Gasteiger partial charge is 0.176 e. The van der Waals surface area contributed by atoms with Gasteiger partial charge in [0.05, 0.1) is 6.54 Å². The van der Waals surface area contributed by atoms with Crippen LogP contribution in [0.15, 0.2) is 18.2 Å². The number of aryl methyl sites for hydroxylation is 2. The second-order valence-electron chi connectivity index (χ2n) is 4.18. The van der Waals surface area contributed by atoms with Gasteiger partial charge in [-0.2, -0.15) is 0 Å². The summed E-state index contributed by atoms with van der Waals surface area (Å²) in [5.41, 5.74) is 3.25. The van der Waals surface area contributed by atoms with Crippen LogP contribution in [-0.2, 0) is 0 Å². The lowest BCUT2D eigenvalue weighted by Crippen LogP contribution is -2.29. The van der Waals surface area contributed by atoms with E-state index in [0.717, 1.165) is 18.7 Å². The molecule has 2 nitrogen and oxygen atoms in total. The number of carbonyl (C=O) groups excluding carboxylic acids is 1. The number of benzene rings is 1. The summed E-state index contributed by atoms with van der Waals surface area (Å²) in [4.78, 5) is 14.1. The lowest BCUT2D eigenvalue weighted by atomic mass is 10.0. The van der Waals surface area contributed by atoms with E-state index in [1.807, 2.05) is 25.1 Å². The minimum atomic E-state index is 0.215. The molecule has 0 aliphatic carbocycles. The molecule has 88 valence electrons. The zero-order valence-corrected chi connectivity index (χ0v) is 10.7. The third-order valence-corrected chi connectivity index (χ3v) is 3.09. The highest BCUT2D eigenvalue weighted by atomic mass is 16.1. The monoisotopic (exact) mass is 219 g/mol. The van der Waals surface area contributed by atoms with Crippen molar-refractivity contribution in [2.75, 3.05) is 19.6 Å². The number of rotatable bonds is 5. The summed E-state index contributed by atoms with van der Waals surface area (Å²) in [5, 5.41) is 0. The van der Waals surface area contributed by atoms with Crippen LogP contribution in [0.25, 0.3) is 0 Å². The Morgan fingerprint density at radius 1 is 1.12 bits per heavy atom. The Balaban J connectivity index is 2.76. The Morgan fingerprint density at radius 3 is 2.25 bits per heavy atom. The first-order chi connectivity index (χ1) is 7.58. The zero-order chi connectivity index (χ0) is 12.1. The van der Waals surface area contributed by atoms with Crippen LogP contribution in [0.4, 0.5) is 0 Å². The number of hydrogen-bond acceptors (Lipinski definition) is 2. The van der Waals surface area contributed by atoms with Crippen LogP contribution >= 0.6 is 0 Å². The molecule has 0 unspecified atom stereocenters. The highest BCUT2D eigenvalue weighted by Gasteiger charge is 2.10. The van der Waals surface area contributed by atoms with Gasteiger partial charge in [-0.1, -0.05) is 26.0 Å². The van der Waals surface area contributed by atoms with Crippen LogP contribution in [0.5, 0.6) is 0 Å². The minimum absolute atomic E-state index is 0.215. The van der Waals surface area contributed by atoms with Gasteiger partial charge in [0.15, 0.2) is 5.78 Å². The number of Topliss-reactive ketones (excluding diaryl/α,β-unsaturated/α-hetero) is 1. The van der Waals surface area contributed by atoms with Gasteiger partial charge in [-0.25, -0.2) is 0 Å². The summed E-state index contributed by atoms with van der Waals surface area (Å²) in [5.74, 6) is 0.215. The molecule has 0 saturated carbocycles. The van der Waals surface area contributed by atoms with Gasteiger partial charge in [0.1, 0.15) is 0 Å². The van der Waals surface area contributed by atoms with Crippen molar-refractivity contribution in [2.24, 2.45) is 0 Å². The summed E-state index contributed by atoms with van der Waals surface area (Å²) in [6.07, 6.45) is 0. The molecule has 0 N–H and O–H groups in total. The van der Waals surface area contributed by atoms with Crippen molar-refractivity contribution < 1.29 is 4.79 Å².